The molecule has 0 atom stereocenters. The van der Waals surface area contributed by atoms with Gasteiger partial charge in [0.05, 0.1) is 12.8 Å². The molecule has 0 saturated carbocycles. The SMILES string of the molecule is COC1=C(C)C(=O)C(N(C)CCCC(=O)OC(C)(C)C)=CC1=O. The Morgan fingerprint density at radius 3 is 2.39 bits per heavy atom. The summed E-state index contributed by atoms with van der Waals surface area (Å²) in [7, 11) is 3.09. The van der Waals surface area contributed by atoms with Crippen LogP contribution in [0.25, 0.3) is 0 Å². The van der Waals surface area contributed by atoms with Crippen LogP contribution in [0.3, 0.4) is 0 Å². The number of carbonyl (C=O) groups excluding carboxylic acids is 3. The van der Waals surface area contributed by atoms with Crippen LogP contribution in [-0.2, 0) is 23.9 Å². The van der Waals surface area contributed by atoms with Gasteiger partial charge < -0.3 is 14.4 Å². The lowest BCUT2D eigenvalue weighted by Gasteiger charge is -2.25. The first-order chi connectivity index (χ1) is 10.6. The standard InChI is InChI=1S/C17H25NO5/c1-11-15(21)12(10-13(19)16(11)22-6)18(5)9-7-8-14(20)23-17(2,3)4/h10H,7-9H2,1-6H3. The maximum atomic E-state index is 12.3. The number of esters is 1. The van der Waals surface area contributed by atoms with E-state index in [9.17, 15) is 14.4 Å². The van der Waals surface area contributed by atoms with E-state index in [1.807, 2.05) is 20.8 Å². The van der Waals surface area contributed by atoms with Crippen LogP contribution in [0.5, 0.6) is 0 Å². The number of ketones is 2. The second-order valence-corrected chi connectivity index (χ2v) is 6.49. The molecule has 0 aromatic carbocycles. The lowest BCUT2D eigenvalue weighted by atomic mass is 9.99. The van der Waals surface area contributed by atoms with Crippen LogP contribution in [0.4, 0.5) is 0 Å². The van der Waals surface area contributed by atoms with E-state index in [0.29, 0.717) is 24.2 Å². The van der Waals surface area contributed by atoms with Crippen LogP contribution in [0.15, 0.2) is 23.1 Å². The predicted molar refractivity (Wildman–Crippen MR) is 85.5 cm³/mol. The third kappa shape index (κ3) is 5.23. The molecular weight excluding hydrogens is 298 g/mol. The summed E-state index contributed by atoms with van der Waals surface area (Å²) in [6.45, 7) is 7.49. The van der Waals surface area contributed by atoms with Gasteiger partial charge in [0.2, 0.25) is 11.6 Å². The van der Waals surface area contributed by atoms with Crippen LogP contribution < -0.4 is 0 Å². The third-order valence-electron chi connectivity index (χ3n) is 3.32. The molecule has 1 aliphatic rings. The maximum absolute atomic E-state index is 12.3. The molecule has 0 radical (unpaired) electrons. The van der Waals surface area contributed by atoms with E-state index in [1.165, 1.54) is 13.2 Å². The second-order valence-electron chi connectivity index (χ2n) is 6.49. The number of carbonyl (C=O) groups is 3. The average Bonchev–Trinajstić information content (AvgIpc) is 2.41. The van der Waals surface area contributed by atoms with Crippen molar-refractivity contribution in [3.05, 3.63) is 23.1 Å². The summed E-state index contributed by atoms with van der Waals surface area (Å²) < 4.78 is 10.2. The predicted octanol–water partition coefficient (Wildman–Crippen LogP) is 2.00. The first-order valence-corrected chi connectivity index (χ1v) is 7.55. The molecule has 0 unspecified atom stereocenters. The lowest BCUT2D eigenvalue weighted by Crippen LogP contribution is -2.31. The fourth-order valence-corrected chi connectivity index (χ4v) is 2.25. The quantitative estimate of drug-likeness (QED) is 0.550. The molecule has 6 heteroatoms. The Morgan fingerprint density at radius 2 is 1.87 bits per heavy atom. The van der Waals surface area contributed by atoms with Gasteiger partial charge in [-0.3, -0.25) is 14.4 Å². The zero-order valence-electron chi connectivity index (χ0n) is 14.7. The second kappa shape index (κ2) is 7.44. The molecule has 0 fully saturated rings. The summed E-state index contributed by atoms with van der Waals surface area (Å²) in [5.74, 6) is -0.746. The monoisotopic (exact) mass is 323 g/mol. The highest BCUT2D eigenvalue weighted by molar-refractivity contribution is 6.21. The van der Waals surface area contributed by atoms with Gasteiger partial charge in [0.15, 0.2) is 5.76 Å². The van der Waals surface area contributed by atoms with Gasteiger partial charge >= 0.3 is 5.97 Å². The van der Waals surface area contributed by atoms with E-state index >= 15 is 0 Å². The summed E-state index contributed by atoms with van der Waals surface area (Å²) in [6, 6.07) is 0. The van der Waals surface area contributed by atoms with Crippen LogP contribution in [0, 0.1) is 0 Å². The summed E-state index contributed by atoms with van der Waals surface area (Å²) in [5.41, 5.74) is 0.113. The first kappa shape index (κ1) is 18.9. The van der Waals surface area contributed by atoms with Crippen molar-refractivity contribution in [1.82, 2.24) is 4.90 Å². The molecule has 1 aliphatic carbocycles. The maximum Gasteiger partial charge on any atom is 0.306 e. The molecule has 1 rings (SSSR count). The molecule has 0 amide bonds. The molecule has 0 spiro atoms. The van der Waals surface area contributed by atoms with Crippen molar-refractivity contribution >= 4 is 17.5 Å². The van der Waals surface area contributed by atoms with Crippen molar-refractivity contribution in [3.63, 3.8) is 0 Å². The van der Waals surface area contributed by atoms with Crippen molar-refractivity contribution in [3.8, 4) is 0 Å². The van der Waals surface area contributed by atoms with Gasteiger partial charge in [0.25, 0.3) is 0 Å². The molecule has 6 nitrogen and oxygen atoms in total. The van der Waals surface area contributed by atoms with Gasteiger partial charge in [-0.2, -0.15) is 0 Å². The summed E-state index contributed by atoms with van der Waals surface area (Å²) in [4.78, 5) is 37.5. The molecule has 23 heavy (non-hydrogen) atoms. The number of methoxy groups -OCH3 is 1. The van der Waals surface area contributed by atoms with Gasteiger partial charge in [-0.1, -0.05) is 0 Å². The largest absolute Gasteiger partial charge is 0.492 e. The fourth-order valence-electron chi connectivity index (χ4n) is 2.25. The van der Waals surface area contributed by atoms with Crippen molar-refractivity contribution in [1.29, 1.82) is 0 Å². The van der Waals surface area contributed by atoms with Gasteiger partial charge in [-0.15, -0.1) is 0 Å². The number of Topliss-reactive ketones (excluding diaryl/α,β-unsaturated/α-hetero) is 1. The van der Waals surface area contributed by atoms with Gasteiger partial charge in [0.1, 0.15) is 5.60 Å². The smallest absolute Gasteiger partial charge is 0.306 e. The molecule has 0 bridgehead atoms. The van der Waals surface area contributed by atoms with E-state index in [0.717, 1.165) is 0 Å². The summed E-state index contributed by atoms with van der Waals surface area (Å²) >= 11 is 0. The van der Waals surface area contributed by atoms with Crippen molar-refractivity contribution in [2.75, 3.05) is 20.7 Å². The Bertz CT molecular complexity index is 566. The van der Waals surface area contributed by atoms with E-state index < -0.39 is 5.60 Å². The normalized spacial score (nSPS) is 15.5. The number of hydrogen-bond donors (Lipinski definition) is 0. The minimum absolute atomic E-state index is 0.0842. The Hall–Kier alpha value is -2.11. The van der Waals surface area contributed by atoms with Gasteiger partial charge in [-0.25, -0.2) is 0 Å². The topological polar surface area (TPSA) is 72.9 Å². The number of ether oxygens (including phenoxy) is 2. The highest BCUT2D eigenvalue weighted by Crippen LogP contribution is 2.21. The van der Waals surface area contributed by atoms with E-state index in [-0.39, 0.29) is 29.7 Å². The Balaban J connectivity index is 2.60. The lowest BCUT2D eigenvalue weighted by molar-refractivity contribution is -0.154. The number of rotatable bonds is 6. The van der Waals surface area contributed by atoms with Crippen molar-refractivity contribution < 1.29 is 23.9 Å². The van der Waals surface area contributed by atoms with Gasteiger partial charge in [0, 0.05) is 31.7 Å². The van der Waals surface area contributed by atoms with Crippen LogP contribution in [0.1, 0.15) is 40.5 Å². The molecule has 0 heterocycles. The van der Waals surface area contributed by atoms with Gasteiger partial charge in [-0.05, 0) is 34.1 Å². The number of nitrogens with zero attached hydrogens (tertiary/aromatic N) is 1. The van der Waals surface area contributed by atoms with Crippen molar-refractivity contribution in [2.24, 2.45) is 0 Å². The molecule has 0 N–H and O–H groups in total. The average molecular weight is 323 g/mol. The van der Waals surface area contributed by atoms with E-state index in [2.05, 4.69) is 0 Å². The molecule has 128 valence electrons. The van der Waals surface area contributed by atoms with Crippen LogP contribution >= 0.6 is 0 Å². The highest BCUT2D eigenvalue weighted by atomic mass is 16.6. The zero-order valence-corrected chi connectivity index (χ0v) is 14.7. The molecule has 0 aromatic rings. The third-order valence-corrected chi connectivity index (χ3v) is 3.32. The number of hydrogen-bond acceptors (Lipinski definition) is 6. The zero-order chi connectivity index (χ0) is 17.8. The minimum Gasteiger partial charge on any atom is -0.492 e. The molecule has 0 saturated heterocycles. The number of allylic oxidation sites excluding steroid dienone is 2. The van der Waals surface area contributed by atoms with Crippen molar-refractivity contribution in [2.45, 2.75) is 46.1 Å². The number of likely N-dealkylation sites (N-methyl/N-ethyl adjacent to an activating group) is 1. The van der Waals surface area contributed by atoms with E-state index in [4.69, 9.17) is 9.47 Å². The summed E-state index contributed by atoms with van der Waals surface area (Å²) in [6.07, 6.45) is 2.07. The Morgan fingerprint density at radius 1 is 1.26 bits per heavy atom. The highest BCUT2D eigenvalue weighted by Gasteiger charge is 2.28. The van der Waals surface area contributed by atoms with Crippen LogP contribution in [-0.4, -0.2) is 48.7 Å². The fraction of sp³-hybridized carbons (Fsp3) is 0.588. The van der Waals surface area contributed by atoms with Crippen LogP contribution in [0.2, 0.25) is 0 Å². The minimum atomic E-state index is -0.504. The molecular formula is C17H25NO5. The molecule has 0 aromatic heterocycles. The summed E-state index contributed by atoms with van der Waals surface area (Å²) in [5, 5.41) is 0. The first-order valence-electron chi connectivity index (χ1n) is 7.55. The Kier molecular flexibility index (Phi) is 6.12. The molecule has 0 aliphatic heterocycles. The Labute approximate surface area is 137 Å². The van der Waals surface area contributed by atoms with E-state index in [1.54, 1.807) is 18.9 Å².